The van der Waals surface area contributed by atoms with Crippen molar-refractivity contribution in [2.24, 2.45) is 0 Å². The number of aryl methyl sites for hydroxylation is 1. The quantitative estimate of drug-likeness (QED) is 0.760. The second kappa shape index (κ2) is 3.34. The third-order valence-corrected chi connectivity index (χ3v) is 2.38. The van der Waals surface area contributed by atoms with E-state index in [4.69, 9.17) is 4.52 Å². The second-order valence-corrected chi connectivity index (χ2v) is 3.74. The minimum Gasteiger partial charge on any atom is -0.364 e. The van der Waals surface area contributed by atoms with E-state index in [-0.39, 0.29) is 0 Å². The molecule has 0 radical (unpaired) electrons. The number of hydrogen-bond acceptors (Lipinski definition) is 2. The molecule has 0 saturated heterocycles. The largest absolute Gasteiger partial charge is 0.364 e. The average Bonchev–Trinajstić information content (AvgIpc) is 2.51. The van der Waals surface area contributed by atoms with E-state index >= 15 is 0 Å². The maximum Gasteiger partial charge on any atom is 0.131 e. The van der Waals surface area contributed by atoms with Crippen molar-refractivity contribution in [2.45, 2.75) is 6.92 Å². The first-order valence-electron chi connectivity index (χ1n) is 3.94. The number of rotatable bonds is 1. The third kappa shape index (κ3) is 1.65. The van der Waals surface area contributed by atoms with Gasteiger partial charge in [0.25, 0.3) is 0 Å². The second-order valence-electron chi connectivity index (χ2n) is 2.82. The first-order valence-corrected chi connectivity index (χ1v) is 4.73. The summed E-state index contributed by atoms with van der Waals surface area (Å²) in [4.78, 5) is 0. The summed E-state index contributed by atoms with van der Waals surface area (Å²) in [7, 11) is 0. The van der Waals surface area contributed by atoms with Gasteiger partial charge >= 0.3 is 0 Å². The zero-order valence-corrected chi connectivity index (χ0v) is 8.71. The molecule has 0 saturated carbocycles. The van der Waals surface area contributed by atoms with Crippen LogP contribution in [0, 0.1) is 6.92 Å². The molecule has 0 fully saturated rings. The molecule has 0 atom stereocenters. The lowest BCUT2D eigenvalue weighted by molar-refractivity contribution is 0.415. The maximum atomic E-state index is 4.87. The fourth-order valence-electron chi connectivity index (χ4n) is 1.23. The Morgan fingerprint density at radius 1 is 1.38 bits per heavy atom. The summed E-state index contributed by atoms with van der Waals surface area (Å²) in [6, 6.07) is 8.06. The summed E-state index contributed by atoms with van der Waals surface area (Å²) in [5.41, 5.74) is 3.08. The molecule has 2 nitrogen and oxygen atoms in total. The summed E-state index contributed by atoms with van der Waals surface area (Å²) in [5, 5.41) is 3.83. The van der Waals surface area contributed by atoms with E-state index in [1.807, 2.05) is 31.2 Å². The Morgan fingerprint density at radius 3 is 2.85 bits per heavy atom. The monoisotopic (exact) mass is 237 g/mol. The average molecular weight is 238 g/mol. The van der Waals surface area contributed by atoms with Crippen molar-refractivity contribution in [3.05, 3.63) is 40.7 Å². The number of nitrogens with zero attached hydrogens (tertiary/aromatic N) is 1. The zero-order valence-electron chi connectivity index (χ0n) is 7.12. The first-order chi connectivity index (χ1) is 6.27. The van der Waals surface area contributed by atoms with E-state index in [2.05, 4.69) is 21.1 Å². The fraction of sp³-hybridized carbons (Fsp3) is 0.100. The predicted molar refractivity (Wildman–Crippen MR) is 54.4 cm³/mol. The van der Waals surface area contributed by atoms with Crippen LogP contribution < -0.4 is 0 Å². The van der Waals surface area contributed by atoms with E-state index in [0.29, 0.717) is 0 Å². The molecule has 66 valence electrons. The molecular weight excluding hydrogens is 230 g/mol. The topological polar surface area (TPSA) is 26.0 Å². The Kier molecular flexibility index (Phi) is 2.19. The molecule has 1 aromatic carbocycles. The van der Waals surface area contributed by atoms with Gasteiger partial charge in [0.2, 0.25) is 0 Å². The minimum absolute atomic E-state index is 0.915. The van der Waals surface area contributed by atoms with Crippen LogP contribution in [-0.2, 0) is 0 Å². The van der Waals surface area contributed by atoms with Crippen molar-refractivity contribution < 1.29 is 4.52 Å². The Bertz CT molecular complexity index is 422. The number of benzene rings is 1. The van der Waals surface area contributed by atoms with E-state index in [9.17, 15) is 0 Å². The molecule has 0 spiro atoms. The van der Waals surface area contributed by atoms with Gasteiger partial charge < -0.3 is 4.52 Å². The van der Waals surface area contributed by atoms with Crippen LogP contribution >= 0.6 is 15.9 Å². The molecule has 0 unspecified atom stereocenters. The third-order valence-electron chi connectivity index (χ3n) is 1.89. The van der Waals surface area contributed by atoms with Gasteiger partial charge in [-0.1, -0.05) is 33.2 Å². The summed E-state index contributed by atoms with van der Waals surface area (Å²) < 4.78 is 5.93. The molecule has 0 aliphatic carbocycles. The molecule has 0 aliphatic heterocycles. The van der Waals surface area contributed by atoms with Crippen LogP contribution in [-0.4, -0.2) is 5.16 Å². The van der Waals surface area contributed by atoms with Crippen LogP contribution in [0.1, 0.15) is 5.69 Å². The lowest BCUT2D eigenvalue weighted by Crippen LogP contribution is -1.78. The Hall–Kier alpha value is -1.09. The zero-order chi connectivity index (χ0) is 9.26. The predicted octanol–water partition coefficient (Wildman–Crippen LogP) is 3.41. The fourth-order valence-corrected chi connectivity index (χ4v) is 1.62. The van der Waals surface area contributed by atoms with Gasteiger partial charge in [-0.3, -0.25) is 0 Å². The van der Waals surface area contributed by atoms with Crippen LogP contribution in [0.3, 0.4) is 0 Å². The van der Waals surface area contributed by atoms with Crippen molar-refractivity contribution in [2.75, 3.05) is 0 Å². The molecule has 1 aromatic heterocycles. The Labute approximate surface area is 84.7 Å². The highest BCUT2D eigenvalue weighted by Crippen LogP contribution is 2.24. The van der Waals surface area contributed by atoms with Crippen molar-refractivity contribution in [1.82, 2.24) is 5.16 Å². The van der Waals surface area contributed by atoms with E-state index in [0.717, 1.165) is 21.3 Å². The molecular formula is C10H8BrNO. The lowest BCUT2D eigenvalue weighted by atomic mass is 10.1. The first kappa shape index (κ1) is 8.51. The molecule has 2 aromatic rings. The van der Waals surface area contributed by atoms with Gasteiger partial charge in [0.15, 0.2) is 0 Å². The highest BCUT2D eigenvalue weighted by molar-refractivity contribution is 9.10. The molecule has 0 N–H and O–H groups in total. The van der Waals surface area contributed by atoms with Crippen molar-refractivity contribution >= 4 is 15.9 Å². The van der Waals surface area contributed by atoms with Gasteiger partial charge in [-0.25, -0.2) is 0 Å². The maximum absolute atomic E-state index is 4.87. The molecule has 2 rings (SSSR count). The van der Waals surface area contributed by atoms with Crippen molar-refractivity contribution in [3.63, 3.8) is 0 Å². The SMILES string of the molecule is Cc1nocc1-c1cccc(Br)c1. The number of aromatic nitrogens is 1. The minimum atomic E-state index is 0.915. The highest BCUT2D eigenvalue weighted by Gasteiger charge is 2.04. The van der Waals surface area contributed by atoms with Crippen LogP contribution in [0.25, 0.3) is 11.1 Å². The van der Waals surface area contributed by atoms with Gasteiger partial charge in [0, 0.05) is 10.0 Å². The van der Waals surface area contributed by atoms with Gasteiger partial charge in [0.05, 0.1) is 5.69 Å². The van der Waals surface area contributed by atoms with Crippen LogP contribution in [0.4, 0.5) is 0 Å². The Balaban J connectivity index is 2.53. The van der Waals surface area contributed by atoms with Gasteiger partial charge in [0.1, 0.15) is 6.26 Å². The molecule has 1 heterocycles. The highest BCUT2D eigenvalue weighted by atomic mass is 79.9. The number of halogens is 1. The summed E-state index contributed by atoms with van der Waals surface area (Å²) >= 11 is 3.42. The van der Waals surface area contributed by atoms with Crippen LogP contribution in [0.2, 0.25) is 0 Å². The smallest absolute Gasteiger partial charge is 0.131 e. The number of hydrogen-bond donors (Lipinski definition) is 0. The summed E-state index contributed by atoms with van der Waals surface area (Å²) in [6.07, 6.45) is 1.66. The van der Waals surface area contributed by atoms with E-state index in [1.54, 1.807) is 6.26 Å². The van der Waals surface area contributed by atoms with E-state index in [1.165, 1.54) is 0 Å². The standard InChI is InChI=1S/C10H8BrNO/c1-7-10(6-13-12-7)8-3-2-4-9(11)5-8/h2-6H,1H3. The lowest BCUT2D eigenvalue weighted by Gasteiger charge is -1.97. The Morgan fingerprint density at radius 2 is 2.23 bits per heavy atom. The molecule has 3 heteroatoms. The molecule has 0 amide bonds. The summed E-state index contributed by atoms with van der Waals surface area (Å²) in [5.74, 6) is 0. The normalized spacial score (nSPS) is 10.3. The van der Waals surface area contributed by atoms with Gasteiger partial charge in [-0.2, -0.15) is 0 Å². The van der Waals surface area contributed by atoms with Crippen molar-refractivity contribution in [1.29, 1.82) is 0 Å². The molecule has 0 bridgehead atoms. The van der Waals surface area contributed by atoms with Crippen LogP contribution in [0.5, 0.6) is 0 Å². The van der Waals surface area contributed by atoms with Crippen LogP contribution in [0.15, 0.2) is 39.5 Å². The van der Waals surface area contributed by atoms with Crippen molar-refractivity contribution in [3.8, 4) is 11.1 Å². The van der Waals surface area contributed by atoms with E-state index < -0.39 is 0 Å². The van der Waals surface area contributed by atoms with Gasteiger partial charge in [-0.15, -0.1) is 0 Å². The summed E-state index contributed by atoms with van der Waals surface area (Å²) in [6.45, 7) is 1.93. The molecule has 13 heavy (non-hydrogen) atoms. The molecule has 0 aliphatic rings. The van der Waals surface area contributed by atoms with Gasteiger partial charge in [-0.05, 0) is 24.6 Å².